The summed E-state index contributed by atoms with van der Waals surface area (Å²) in [4.78, 5) is 4.80. The Morgan fingerprint density at radius 3 is 1.96 bits per heavy atom. The highest BCUT2D eigenvalue weighted by Crippen LogP contribution is 2.61. The molecule has 0 spiro atoms. The van der Waals surface area contributed by atoms with Crippen molar-refractivity contribution in [3.05, 3.63) is 169 Å². The number of ether oxygens (including phenoxy) is 1. The van der Waals surface area contributed by atoms with Gasteiger partial charge in [0.1, 0.15) is 0 Å². The van der Waals surface area contributed by atoms with Crippen LogP contribution in [0.1, 0.15) is 25.0 Å². The Morgan fingerprint density at radius 1 is 0.500 bits per heavy atom. The lowest BCUT2D eigenvalue weighted by molar-refractivity contribution is 0.472. The molecule has 9 rings (SSSR count). The molecule has 0 saturated carbocycles. The molecule has 7 aromatic carbocycles. The zero-order chi connectivity index (χ0) is 30.8. The number of para-hydroxylation sites is 2. The molecule has 3 nitrogen and oxygen atoms in total. The predicted octanol–water partition coefficient (Wildman–Crippen LogP) is 12.2. The van der Waals surface area contributed by atoms with Gasteiger partial charge in [0.05, 0.1) is 17.1 Å². The molecule has 0 amide bonds. The van der Waals surface area contributed by atoms with E-state index in [1.165, 1.54) is 38.7 Å². The second-order valence-corrected chi connectivity index (χ2v) is 12.6. The van der Waals surface area contributed by atoms with Crippen LogP contribution in [0, 0.1) is 0 Å². The number of anilines is 6. The molecule has 0 fully saturated rings. The molecule has 0 radical (unpaired) electrons. The van der Waals surface area contributed by atoms with Crippen LogP contribution in [0.2, 0.25) is 0 Å². The van der Waals surface area contributed by atoms with Gasteiger partial charge in [-0.15, -0.1) is 0 Å². The third kappa shape index (κ3) is 3.98. The van der Waals surface area contributed by atoms with Gasteiger partial charge in [-0.25, -0.2) is 0 Å². The first kappa shape index (κ1) is 26.6. The molecule has 0 atom stereocenters. The van der Waals surface area contributed by atoms with Crippen LogP contribution in [-0.2, 0) is 5.41 Å². The van der Waals surface area contributed by atoms with E-state index in [2.05, 4.69) is 181 Å². The van der Waals surface area contributed by atoms with E-state index in [4.69, 9.17) is 4.74 Å². The topological polar surface area (TPSA) is 15.7 Å². The maximum Gasteiger partial charge on any atom is 0.152 e. The Kier molecular flexibility index (Phi) is 5.85. The number of benzene rings is 7. The Balaban J connectivity index is 1.24. The minimum Gasteiger partial charge on any atom is -0.453 e. The summed E-state index contributed by atoms with van der Waals surface area (Å²) in [6.07, 6.45) is 0. The largest absolute Gasteiger partial charge is 0.453 e. The molecule has 0 bridgehead atoms. The third-order valence-electron chi connectivity index (χ3n) is 9.60. The molecule has 2 aliphatic rings. The lowest BCUT2D eigenvalue weighted by Gasteiger charge is -2.45. The molecule has 3 heteroatoms. The van der Waals surface area contributed by atoms with Gasteiger partial charge in [-0.3, -0.25) is 0 Å². The number of hydrogen-bond donors (Lipinski definition) is 0. The van der Waals surface area contributed by atoms with E-state index in [0.29, 0.717) is 0 Å². The summed E-state index contributed by atoms with van der Waals surface area (Å²) in [7, 11) is 0. The fourth-order valence-corrected chi connectivity index (χ4v) is 7.32. The predicted molar refractivity (Wildman–Crippen MR) is 191 cm³/mol. The van der Waals surface area contributed by atoms with E-state index in [-0.39, 0.29) is 5.41 Å². The van der Waals surface area contributed by atoms with Gasteiger partial charge in [-0.1, -0.05) is 117 Å². The van der Waals surface area contributed by atoms with Crippen molar-refractivity contribution in [3.63, 3.8) is 0 Å². The molecule has 220 valence electrons. The molecule has 2 heterocycles. The second-order valence-electron chi connectivity index (χ2n) is 12.6. The standard InChI is InChI=1S/C43H32N2O/c1-43(2)36-18-11-19-39-42(36)45(41-35-17-10-9-14-31(35)22-27-40(41)46-39)38-26-25-34(28-37(38)43)44(32-15-7-4-8-16-32)33-23-20-30(21-24-33)29-12-5-3-6-13-29/h3-28H,1-2H3. The summed E-state index contributed by atoms with van der Waals surface area (Å²) < 4.78 is 6.61. The van der Waals surface area contributed by atoms with E-state index >= 15 is 0 Å². The average Bonchev–Trinajstić information content (AvgIpc) is 3.11. The van der Waals surface area contributed by atoms with Gasteiger partial charge in [0.2, 0.25) is 0 Å². The smallest absolute Gasteiger partial charge is 0.152 e. The normalized spacial score (nSPS) is 13.7. The fraction of sp³-hybridized carbons (Fsp3) is 0.0698. The van der Waals surface area contributed by atoms with Crippen LogP contribution in [0.25, 0.3) is 21.9 Å². The van der Waals surface area contributed by atoms with Crippen LogP contribution in [0.3, 0.4) is 0 Å². The molecule has 46 heavy (non-hydrogen) atoms. The summed E-state index contributed by atoms with van der Waals surface area (Å²) in [5.74, 6) is 1.77. The van der Waals surface area contributed by atoms with Gasteiger partial charge in [0.25, 0.3) is 0 Å². The van der Waals surface area contributed by atoms with Gasteiger partial charge in [0.15, 0.2) is 11.5 Å². The van der Waals surface area contributed by atoms with Gasteiger partial charge in [-0.2, -0.15) is 0 Å². The van der Waals surface area contributed by atoms with Gasteiger partial charge in [-0.05, 0) is 82.2 Å². The van der Waals surface area contributed by atoms with Gasteiger partial charge >= 0.3 is 0 Å². The monoisotopic (exact) mass is 592 g/mol. The Hall–Kier alpha value is -5.80. The van der Waals surface area contributed by atoms with E-state index in [0.717, 1.165) is 39.9 Å². The molecule has 0 aliphatic carbocycles. The summed E-state index contributed by atoms with van der Waals surface area (Å²) in [5.41, 5.74) is 11.5. The molecule has 0 N–H and O–H groups in total. The molecule has 2 aliphatic heterocycles. The van der Waals surface area contributed by atoms with Crippen molar-refractivity contribution >= 4 is 44.9 Å². The summed E-state index contributed by atoms with van der Waals surface area (Å²) >= 11 is 0. The summed E-state index contributed by atoms with van der Waals surface area (Å²) in [6.45, 7) is 4.67. The Labute approximate surface area is 269 Å². The number of fused-ring (bicyclic) bond motifs is 6. The second kappa shape index (κ2) is 10.1. The van der Waals surface area contributed by atoms with Crippen molar-refractivity contribution in [2.75, 3.05) is 9.80 Å². The highest BCUT2D eigenvalue weighted by Gasteiger charge is 2.42. The molecule has 0 saturated heterocycles. The fourth-order valence-electron chi connectivity index (χ4n) is 7.32. The first-order valence-corrected chi connectivity index (χ1v) is 15.9. The lowest BCUT2D eigenvalue weighted by Crippen LogP contribution is -2.32. The van der Waals surface area contributed by atoms with Crippen molar-refractivity contribution < 1.29 is 4.74 Å². The zero-order valence-corrected chi connectivity index (χ0v) is 25.8. The maximum absolute atomic E-state index is 6.61. The first-order valence-electron chi connectivity index (χ1n) is 15.9. The quantitative estimate of drug-likeness (QED) is 0.202. The molecule has 7 aromatic rings. The van der Waals surface area contributed by atoms with Crippen molar-refractivity contribution in [3.8, 4) is 22.6 Å². The minimum absolute atomic E-state index is 0.266. The van der Waals surface area contributed by atoms with E-state index < -0.39 is 0 Å². The van der Waals surface area contributed by atoms with Crippen LogP contribution in [-0.4, -0.2) is 0 Å². The number of rotatable bonds is 4. The molecule has 0 unspecified atom stereocenters. The SMILES string of the molecule is CC1(C)c2cc(N(c3ccccc3)c3ccc(-c4ccccc4)cc3)ccc2N2c3c(cccc31)Oc1ccc3ccccc3c12. The first-order chi connectivity index (χ1) is 22.6. The highest BCUT2D eigenvalue weighted by atomic mass is 16.5. The van der Waals surface area contributed by atoms with E-state index in [1.54, 1.807) is 0 Å². The summed E-state index contributed by atoms with van der Waals surface area (Å²) in [5, 5.41) is 2.38. The Bertz CT molecular complexity index is 2260. The third-order valence-corrected chi connectivity index (χ3v) is 9.60. The van der Waals surface area contributed by atoms with E-state index in [9.17, 15) is 0 Å². The van der Waals surface area contributed by atoms with Crippen molar-refractivity contribution in [2.24, 2.45) is 0 Å². The van der Waals surface area contributed by atoms with Gasteiger partial charge in [0, 0.05) is 27.9 Å². The van der Waals surface area contributed by atoms with Gasteiger partial charge < -0.3 is 14.5 Å². The van der Waals surface area contributed by atoms with Crippen molar-refractivity contribution in [1.29, 1.82) is 0 Å². The van der Waals surface area contributed by atoms with Crippen molar-refractivity contribution in [2.45, 2.75) is 19.3 Å². The maximum atomic E-state index is 6.61. The molecular weight excluding hydrogens is 560 g/mol. The van der Waals surface area contributed by atoms with Crippen molar-refractivity contribution in [1.82, 2.24) is 0 Å². The Morgan fingerprint density at radius 2 is 1.15 bits per heavy atom. The van der Waals surface area contributed by atoms with Crippen LogP contribution in [0.4, 0.5) is 34.1 Å². The highest BCUT2D eigenvalue weighted by molar-refractivity contribution is 6.06. The lowest BCUT2D eigenvalue weighted by atomic mass is 9.73. The zero-order valence-electron chi connectivity index (χ0n) is 25.8. The summed E-state index contributed by atoms with van der Waals surface area (Å²) in [6, 6.07) is 56.4. The number of hydrogen-bond acceptors (Lipinski definition) is 3. The van der Waals surface area contributed by atoms with Crippen LogP contribution in [0.15, 0.2) is 158 Å². The number of nitrogens with zero attached hydrogens (tertiary/aromatic N) is 2. The minimum atomic E-state index is -0.266. The van der Waals surface area contributed by atoms with Crippen LogP contribution in [0.5, 0.6) is 11.5 Å². The van der Waals surface area contributed by atoms with Crippen LogP contribution < -0.4 is 14.5 Å². The van der Waals surface area contributed by atoms with Crippen LogP contribution >= 0.6 is 0 Å². The van der Waals surface area contributed by atoms with E-state index in [1.807, 2.05) is 0 Å². The molecule has 0 aromatic heterocycles. The average molecular weight is 593 g/mol. The molecular formula is C43H32N2O.